The van der Waals surface area contributed by atoms with Crippen LogP contribution in [-0.4, -0.2) is 34.9 Å². The third-order valence-corrected chi connectivity index (χ3v) is 4.69. The van der Waals surface area contributed by atoms with Gasteiger partial charge in [-0.25, -0.2) is 0 Å². The summed E-state index contributed by atoms with van der Waals surface area (Å²) in [6.07, 6.45) is 3.99. The molecule has 126 valence electrons. The number of carbonyl (C=O) groups excluding carboxylic acids is 1. The lowest BCUT2D eigenvalue weighted by atomic mass is 9.89. The Morgan fingerprint density at radius 3 is 2.58 bits per heavy atom. The standard InChI is InChI=1S/C19H23N3O2/c20-17(12-14-4-2-1-3-5-14)19(24)22-10-7-15(8-11-22)16-6-9-21-18(23)13-16/h1-6,9,13,15,17H,7-8,10-12,20H2,(H,21,23)/t17-/m1/s1. The summed E-state index contributed by atoms with van der Waals surface area (Å²) in [7, 11) is 0. The van der Waals surface area contributed by atoms with E-state index in [1.165, 1.54) is 0 Å². The monoisotopic (exact) mass is 325 g/mol. The summed E-state index contributed by atoms with van der Waals surface area (Å²) in [5, 5.41) is 0. The lowest BCUT2D eigenvalue weighted by Gasteiger charge is -2.33. The average molecular weight is 325 g/mol. The van der Waals surface area contributed by atoms with Crippen LogP contribution in [0.5, 0.6) is 0 Å². The zero-order valence-electron chi connectivity index (χ0n) is 13.7. The van der Waals surface area contributed by atoms with E-state index in [4.69, 9.17) is 5.73 Å². The van der Waals surface area contributed by atoms with Gasteiger partial charge >= 0.3 is 0 Å². The number of aromatic amines is 1. The fourth-order valence-corrected chi connectivity index (χ4v) is 3.34. The van der Waals surface area contributed by atoms with Gasteiger partial charge in [-0.2, -0.15) is 0 Å². The van der Waals surface area contributed by atoms with Crippen molar-refractivity contribution in [2.45, 2.75) is 31.2 Å². The van der Waals surface area contributed by atoms with Crippen molar-refractivity contribution in [1.82, 2.24) is 9.88 Å². The van der Waals surface area contributed by atoms with Crippen molar-refractivity contribution < 1.29 is 4.79 Å². The number of aromatic nitrogens is 1. The zero-order chi connectivity index (χ0) is 16.9. The van der Waals surface area contributed by atoms with Gasteiger partial charge in [0.15, 0.2) is 0 Å². The van der Waals surface area contributed by atoms with Gasteiger partial charge in [0, 0.05) is 25.4 Å². The smallest absolute Gasteiger partial charge is 0.248 e. The van der Waals surface area contributed by atoms with Gasteiger partial charge in [0.05, 0.1) is 6.04 Å². The molecule has 0 saturated carbocycles. The predicted molar refractivity (Wildman–Crippen MR) is 93.7 cm³/mol. The van der Waals surface area contributed by atoms with Crippen molar-refractivity contribution in [1.29, 1.82) is 0 Å². The first-order chi connectivity index (χ1) is 11.6. The Morgan fingerprint density at radius 2 is 1.92 bits per heavy atom. The second-order valence-electron chi connectivity index (χ2n) is 6.38. The summed E-state index contributed by atoms with van der Waals surface area (Å²) in [6.45, 7) is 1.39. The van der Waals surface area contributed by atoms with Crippen LogP contribution in [0, 0.1) is 0 Å². The highest BCUT2D eigenvalue weighted by atomic mass is 16.2. The lowest BCUT2D eigenvalue weighted by molar-refractivity contribution is -0.133. The highest BCUT2D eigenvalue weighted by molar-refractivity contribution is 5.82. The Hall–Kier alpha value is -2.40. The van der Waals surface area contributed by atoms with Gasteiger partial charge in [0.1, 0.15) is 0 Å². The molecule has 1 aromatic heterocycles. The van der Waals surface area contributed by atoms with Crippen molar-refractivity contribution >= 4 is 5.91 Å². The van der Waals surface area contributed by atoms with E-state index in [-0.39, 0.29) is 11.5 Å². The average Bonchev–Trinajstić information content (AvgIpc) is 2.62. The number of H-pyrrole nitrogens is 1. The maximum Gasteiger partial charge on any atom is 0.248 e. The van der Waals surface area contributed by atoms with E-state index >= 15 is 0 Å². The first-order valence-electron chi connectivity index (χ1n) is 8.40. The minimum Gasteiger partial charge on any atom is -0.341 e. The van der Waals surface area contributed by atoms with Crippen molar-refractivity contribution in [2.75, 3.05) is 13.1 Å². The third-order valence-electron chi connectivity index (χ3n) is 4.69. The van der Waals surface area contributed by atoms with E-state index in [2.05, 4.69) is 4.98 Å². The minimum atomic E-state index is -0.497. The van der Waals surface area contributed by atoms with Gasteiger partial charge < -0.3 is 15.6 Å². The van der Waals surface area contributed by atoms with Crippen LogP contribution in [0.2, 0.25) is 0 Å². The Labute approximate surface area is 141 Å². The normalized spacial score (nSPS) is 16.8. The molecule has 0 spiro atoms. The van der Waals surface area contributed by atoms with Gasteiger partial charge in [0.2, 0.25) is 11.5 Å². The molecule has 2 heterocycles. The molecular weight excluding hydrogens is 302 g/mol. The number of carbonyl (C=O) groups is 1. The number of amides is 1. The SMILES string of the molecule is N[C@H](Cc1ccccc1)C(=O)N1CCC(c2cc[nH]c(=O)c2)CC1. The minimum absolute atomic E-state index is 0.0169. The lowest BCUT2D eigenvalue weighted by Crippen LogP contribution is -2.47. The number of rotatable bonds is 4. The van der Waals surface area contributed by atoms with Crippen LogP contribution in [0.15, 0.2) is 53.5 Å². The molecular formula is C19H23N3O2. The number of benzene rings is 1. The number of piperidine rings is 1. The quantitative estimate of drug-likeness (QED) is 0.897. The Morgan fingerprint density at radius 1 is 1.21 bits per heavy atom. The highest BCUT2D eigenvalue weighted by Gasteiger charge is 2.27. The maximum absolute atomic E-state index is 12.5. The summed E-state index contributed by atoms with van der Waals surface area (Å²) in [6, 6.07) is 13.0. The Bertz CT molecular complexity index is 734. The van der Waals surface area contributed by atoms with Crippen LogP contribution >= 0.6 is 0 Å². The van der Waals surface area contributed by atoms with Gasteiger partial charge in [-0.1, -0.05) is 30.3 Å². The van der Waals surface area contributed by atoms with Gasteiger partial charge in [-0.3, -0.25) is 9.59 Å². The van der Waals surface area contributed by atoms with Crippen molar-refractivity contribution in [3.05, 3.63) is 70.1 Å². The summed E-state index contributed by atoms with van der Waals surface area (Å²) in [4.78, 5) is 28.5. The second kappa shape index (κ2) is 7.45. The third kappa shape index (κ3) is 3.92. The molecule has 1 aromatic carbocycles. The zero-order valence-corrected chi connectivity index (χ0v) is 13.7. The summed E-state index contributed by atoms with van der Waals surface area (Å²) < 4.78 is 0. The second-order valence-corrected chi connectivity index (χ2v) is 6.38. The molecule has 2 aromatic rings. The fraction of sp³-hybridized carbons (Fsp3) is 0.368. The summed E-state index contributed by atoms with van der Waals surface area (Å²) in [5.74, 6) is 0.352. The van der Waals surface area contributed by atoms with Crippen LogP contribution in [0.4, 0.5) is 0 Å². The van der Waals surface area contributed by atoms with E-state index in [1.54, 1.807) is 12.3 Å². The molecule has 1 aliphatic rings. The molecule has 1 fully saturated rings. The van der Waals surface area contributed by atoms with Crippen molar-refractivity contribution in [3.63, 3.8) is 0 Å². The molecule has 24 heavy (non-hydrogen) atoms. The molecule has 0 unspecified atom stereocenters. The molecule has 1 aliphatic heterocycles. The molecule has 1 atom stereocenters. The van der Waals surface area contributed by atoms with Crippen LogP contribution in [-0.2, 0) is 11.2 Å². The first-order valence-corrected chi connectivity index (χ1v) is 8.40. The van der Waals surface area contributed by atoms with Crippen LogP contribution in [0.1, 0.15) is 29.9 Å². The Kier molecular flexibility index (Phi) is 5.11. The number of nitrogens with one attached hydrogen (secondary N) is 1. The molecule has 0 aliphatic carbocycles. The fourth-order valence-electron chi connectivity index (χ4n) is 3.34. The van der Waals surface area contributed by atoms with Gasteiger partial charge in [-0.05, 0) is 42.4 Å². The molecule has 1 amide bonds. The molecule has 0 bridgehead atoms. The number of hydrogen-bond donors (Lipinski definition) is 2. The maximum atomic E-state index is 12.5. The van der Waals surface area contributed by atoms with Crippen molar-refractivity contribution in [2.24, 2.45) is 5.73 Å². The van der Waals surface area contributed by atoms with E-state index < -0.39 is 6.04 Å². The largest absolute Gasteiger partial charge is 0.341 e. The number of pyridine rings is 1. The first kappa shape index (κ1) is 16.5. The van der Waals surface area contributed by atoms with Crippen LogP contribution < -0.4 is 11.3 Å². The predicted octanol–water partition coefficient (Wildman–Crippen LogP) is 1.65. The number of likely N-dealkylation sites (tertiary alicyclic amines) is 1. The molecule has 3 rings (SSSR count). The van der Waals surface area contributed by atoms with Crippen LogP contribution in [0.3, 0.4) is 0 Å². The summed E-state index contributed by atoms with van der Waals surface area (Å²) in [5.41, 5.74) is 8.17. The van der Waals surface area contributed by atoms with Crippen LogP contribution in [0.25, 0.3) is 0 Å². The molecule has 5 nitrogen and oxygen atoms in total. The topological polar surface area (TPSA) is 79.2 Å². The highest BCUT2D eigenvalue weighted by Crippen LogP contribution is 2.27. The number of nitrogens with two attached hydrogens (primary N) is 1. The molecule has 1 saturated heterocycles. The van der Waals surface area contributed by atoms with Gasteiger partial charge in [-0.15, -0.1) is 0 Å². The number of hydrogen-bond acceptors (Lipinski definition) is 3. The van der Waals surface area contributed by atoms with Gasteiger partial charge in [0.25, 0.3) is 0 Å². The van der Waals surface area contributed by atoms with Crippen molar-refractivity contribution in [3.8, 4) is 0 Å². The number of nitrogens with zero attached hydrogens (tertiary/aromatic N) is 1. The van der Waals surface area contributed by atoms with E-state index in [0.29, 0.717) is 25.4 Å². The van der Waals surface area contributed by atoms with E-state index in [0.717, 1.165) is 24.0 Å². The molecule has 0 radical (unpaired) electrons. The van der Waals surface area contributed by atoms with E-state index in [9.17, 15) is 9.59 Å². The molecule has 3 N–H and O–H groups in total. The Balaban J connectivity index is 1.56. The summed E-state index contributed by atoms with van der Waals surface area (Å²) >= 11 is 0. The molecule has 5 heteroatoms. The van der Waals surface area contributed by atoms with E-state index in [1.807, 2.05) is 41.3 Å².